The molecule has 0 atom stereocenters. The van der Waals surface area contributed by atoms with E-state index in [0.717, 1.165) is 29.6 Å². The van der Waals surface area contributed by atoms with E-state index in [4.69, 9.17) is 0 Å². The molecule has 114 valence electrons. The van der Waals surface area contributed by atoms with Crippen molar-refractivity contribution in [1.82, 2.24) is 10.2 Å². The number of anilines is 1. The third-order valence-electron chi connectivity index (χ3n) is 4.97. The minimum Gasteiger partial charge on any atom is -0.320 e. The molecule has 1 saturated carbocycles. The molecule has 1 amide bonds. The van der Waals surface area contributed by atoms with E-state index in [2.05, 4.69) is 39.8 Å². The van der Waals surface area contributed by atoms with Gasteiger partial charge in [0, 0.05) is 22.7 Å². The van der Waals surface area contributed by atoms with E-state index in [1.54, 1.807) is 0 Å². The normalized spacial score (nSPS) is 16.0. The number of H-pyrrole nitrogens is 1. The molecule has 0 radical (unpaired) electrons. The van der Waals surface area contributed by atoms with Gasteiger partial charge in [-0.1, -0.05) is 24.3 Å². The number of hydrogen-bond donors (Lipinski definition) is 2. The van der Waals surface area contributed by atoms with Gasteiger partial charge >= 0.3 is 0 Å². The number of rotatable bonds is 3. The number of carbonyl (C=O) groups excluding carboxylic acids is 1. The highest BCUT2D eigenvalue weighted by Gasteiger charge is 2.26. The fourth-order valence-corrected chi connectivity index (χ4v) is 3.60. The zero-order valence-corrected chi connectivity index (χ0v) is 12.7. The highest BCUT2D eigenvalue weighted by molar-refractivity contribution is 6.09. The number of carbonyl (C=O) groups is 1. The van der Waals surface area contributed by atoms with E-state index in [0.29, 0.717) is 11.6 Å². The van der Waals surface area contributed by atoms with Crippen molar-refractivity contribution in [3.8, 4) is 0 Å². The molecule has 1 heterocycles. The summed E-state index contributed by atoms with van der Waals surface area (Å²) in [6.07, 6.45) is 4.57. The summed E-state index contributed by atoms with van der Waals surface area (Å²) in [5.74, 6) is 0.424. The van der Waals surface area contributed by atoms with E-state index >= 15 is 0 Å². The maximum atomic E-state index is 12.5. The van der Waals surface area contributed by atoms with Crippen molar-refractivity contribution in [3.05, 3.63) is 58.9 Å². The van der Waals surface area contributed by atoms with Crippen LogP contribution in [0, 0.1) is 0 Å². The largest absolute Gasteiger partial charge is 0.320 e. The summed E-state index contributed by atoms with van der Waals surface area (Å²) in [5, 5.41) is 12.6. The number of aromatic amines is 1. The van der Waals surface area contributed by atoms with E-state index in [1.165, 1.54) is 29.4 Å². The van der Waals surface area contributed by atoms with Crippen LogP contribution in [0.2, 0.25) is 0 Å². The maximum Gasteiger partial charge on any atom is 0.276 e. The Morgan fingerprint density at radius 3 is 2.78 bits per heavy atom. The van der Waals surface area contributed by atoms with Crippen LogP contribution in [-0.2, 0) is 12.8 Å². The van der Waals surface area contributed by atoms with E-state index in [-0.39, 0.29) is 5.91 Å². The molecule has 4 heteroatoms. The van der Waals surface area contributed by atoms with Gasteiger partial charge in [0.1, 0.15) is 0 Å². The van der Waals surface area contributed by atoms with Gasteiger partial charge in [-0.25, -0.2) is 0 Å². The molecule has 2 aliphatic rings. The summed E-state index contributed by atoms with van der Waals surface area (Å²) in [4.78, 5) is 12.5. The molecule has 5 rings (SSSR count). The highest BCUT2D eigenvalue weighted by Crippen LogP contribution is 2.39. The summed E-state index contributed by atoms with van der Waals surface area (Å²) in [5.41, 5.74) is 5.17. The quantitative estimate of drug-likeness (QED) is 0.773. The van der Waals surface area contributed by atoms with Crippen molar-refractivity contribution in [2.75, 3.05) is 5.32 Å². The average Bonchev–Trinajstić information content (AvgIpc) is 3.15. The monoisotopic (exact) mass is 303 g/mol. The van der Waals surface area contributed by atoms with Crippen molar-refractivity contribution in [2.24, 2.45) is 0 Å². The average molecular weight is 303 g/mol. The molecule has 0 aliphatic heterocycles. The molecule has 0 bridgehead atoms. The third kappa shape index (κ3) is 2.05. The van der Waals surface area contributed by atoms with Gasteiger partial charge in [-0.3, -0.25) is 9.89 Å². The van der Waals surface area contributed by atoms with Crippen molar-refractivity contribution >= 4 is 22.4 Å². The van der Waals surface area contributed by atoms with Gasteiger partial charge in [-0.2, -0.15) is 5.10 Å². The summed E-state index contributed by atoms with van der Waals surface area (Å²) in [6.45, 7) is 0. The van der Waals surface area contributed by atoms with Crippen LogP contribution in [-0.4, -0.2) is 16.1 Å². The lowest BCUT2D eigenvalue weighted by molar-refractivity contribution is 0.102. The minimum absolute atomic E-state index is 0.146. The van der Waals surface area contributed by atoms with Gasteiger partial charge in [-0.15, -0.1) is 0 Å². The second kappa shape index (κ2) is 4.69. The molecule has 2 aromatic carbocycles. The number of benzene rings is 2. The highest BCUT2D eigenvalue weighted by atomic mass is 16.1. The van der Waals surface area contributed by atoms with Gasteiger partial charge in [0.2, 0.25) is 0 Å². The number of nitrogens with zero attached hydrogens (tertiary/aromatic N) is 1. The molecule has 2 N–H and O–H groups in total. The van der Waals surface area contributed by atoms with Gasteiger partial charge in [0.15, 0.2) is 5.69 Å². The summed E-state index contributed by atoms with van der Waals surface area (Å²) in [6, 6.07) is 12.4. The van der Waals surface area contributed by atoms with Crippen molar-refractivity contribution in [1.29, 1.82) is 0 Å². The van der Waals surface area contributed by atoms with E-state index < -0.39 is 0 Å². The molecule has 0 spiro atoms. The molecule has 1 aromatic heterocycles. The second-order valence-electron chi connectivity index (χ2n) is 6.55. The first-order valence-electron chi connectivity index (χ1n) is 8.20. The van der Waals surface area contributed by atoms with Crippen LogP contribution >= 0.6 is 0 Å². The fraction of sp³-hybridized carbons (Fsp3) is 0.263. The minimum atomic E-state index is -0.146. The van der Waals surface area contributed by atoms with Crippen LogP contribution in [0.1, 0.15) is 46.1 Å². The molecule has 4 nitrogen and oxygen atoms in total. The Bertz CT molecular complexity index is 927. The summed E-state index contributed by atoms with van der Waals surface area (Å²) in [7, 11) is 0. The molecule has 1 fully saturated rings. The van der Waals surface area contributed by atoms with Crippen LogP contribution in [0.5, 0.6) is 0 Å². The van der Waals surface area contributed by atoms with Gasteiger partial charge in [0.25, 0.3) is 5.91 Å². The zero-order chi connectivity index (χ0) is 15.4. The van der Waals surface area contributed by atoms with Crippen molar-refractivity contribution < 1.29 is 4.79 Å². The molecule has 0 saturated heterocycles. The predicted molar refractivity (Wildman–Crippen MR) is 89.9 cm³/mol. The van der Waals surface area contributed by atoms with Crippen LogP contribution < -0.4 is 5.32 Å². The lowest BCUT2D eigenvalue weighted by Gasteiger charge is -2.09. The van der Waals surface area contributed by atoms with Crippen molar-refractivity contribution in [2.45, 2.75) is 31.6 Å². The molecule has 0 unspecified atom stereocenters. The van der Waals surface area contributed by atoms with E-state index in [9.17, 15) is 4.79 Å². The first-order chi connectivity index (χ1) is 11.3. The summed E-state index contributed by atoms with van der Waals surface area (Å²) < 4.78 is 0. The Labute approximate surface area is 133 Å². The fourth-order valence-electron chi connectivity index (χ4n) is 3.60. The number of amides is 1. The lowest BCUT2D eigenvalue weighted by Crippen LogP contribution is -2.12. The molecular weight excluding hydrogens is 286 g/mol. The molecular formula is C19H17N3O. The standard InChI is InChI=1S/C19H17N3O/c23-19(17-10-16(21-22-17)11-4-5-11)20-15-9-8-13-7-6-12-2-1-3-14(15)18(12)13/h1-3,8-11H,4-7H2,(H,20,23)(H,21,22). The SMILES string of the molecule is O=C(Nc1ccc2c3c(cccc13)CC2)c1cc(C2CC2)[nH]n1. The van der Waals surface area contributed by atoms with Crippen LogP contribution in [0.25, 0.3) is 10.8 Å². The summed E-state index contributed by atoms with van der Waals surface area (Å²) >= 11 is 0. The Hall–Kier alpha value is -2.62. The van der Waals surface area contributed by atoms with Gasteiger partial charge < -0.3 is 5.32 Å². The molecule has 23 heavy (non-hydrogen) atoms. The topological polar surface area (TPSA) is 57.8 Å². The zero-order valence-electron chi connectivity index (χ0n) is 12.7. The maximum absolute atomic E-state index is 12.5. The third-order valence-corrected chi connectivity index (χ3v) is 4.97. The number of hydrogen-bond acceptors (Lipinski definition) is 2. The van der Waals surface area contributed by atoms with E-state index in [1.807, 2.05) is 12.1 Å². The lowest BCUT2D eigenvalue weighted by atomic mass is 10.0. The van der Waals surface area contributed by atoms with Crippen LogP contribution in [0.4, 0.5) is 5.69 Å². The molecule has 2 aliphatic carbocycles. The predicted octanol–water partition coefficient (Wildman–Crippen LogP) is 3.79. The van der Waals surface area contributed by atoms with Gasteiger partial charge in [-0.05, 0) is 54.3 Å². The Kier molecular flexibility index (Phi) is 2.62. The smallest absolute Gasteiger partial charge is 0.276 e. The Balaban J connectivity index is 1.50. The van der Waals surface area contributed by atoms with Crippen LogP contribution in [0.3, 0.4) is 0 Å². The Morgan fingerprint density at radius 1 is 1.13 bits per heavy atom. The first-order valence-corrected chi connectivity index (χ1v) is 8.20. The first kappa shape index (κ1) is 12.9. The Morgan fingerprint density at radius 2 is 1.96 bits per heavy atom. The molecule has 3 aromatic rings. The number of nitrogens with one attached hydrogen (secondary N) is 2. The second-order valence-corrected chi connectivity index (χ2v) is 6.55. The number of aromatic nitrogens is 2. The van der Waals surface area contributed by atoms with Crippen LogP contribution in [0.15, 0.2) is 36.4 Å². The van der Waals surface area contributed by atoms with Gasteiger partial charge in [0.05, 0.1) is 0 Å². The number of aryl methyl sites for hydroxylation is 2. The van der Waals surface area contributed by atoms with Crippen molar-refractivity contribution in [3.63, 3.8) is 0 Å².